The molecule has 2 aromatic rings. The summed E-state index contributed by atoms with van der Waals surface area (Å²) in [7, 11) is 0. The Morgan fingerprint density at radius 2 is 2.10 bits per heavy atom. The van der Waals surface area contributed by atoms with Crippen molar-refractivity contribution in [3.8, 4) is 0 Å². The van der Waals surface area contributed by atoms with E-state index in [-0.39, 0.29) is 18.0 Å². The molecule has 0 unspecified atom stereocenters. The molecule has 1 aliphatic carbocycles. The molecular formula is C15H20ClN3OS. The Kier molecular flexibility index (Phi) is 5.96. The first-order chi connectivity index (χ1) is 9.84. The molecule has 0 bridgehead atoms. The largest absolute Gasteiger partial charge is 0.311 e. The standard InChI is InChI=1S/C15H19N3OS.ClH/c19-15-13-6-2-1-5-12(13)14(17-18-15)7-8-16-10-11-4-3-9-20-11;/h3-4,9,16H,1-2,5-8,10H2,(H,18,19);1H. The topological polar surface area (TPSA) is 57.8 Å². The van der Waals surface area contributed by atoms with Crippen LogP contribution in [0.25, 0.3) is 0 Å². The predicted octanol–water partition coefficient (Wildman–Crippen LogP) is 2.46. The van der Waals surface area contributed by atoms with Crippen molar-refractivity contribution in [1.29, 1.82) is 0 Å². The van der Waals surface area contributed by atoms with Gasteiger partial charge in [-0.1, -0.05) is 6.07 Å². The van der Waals surface area contributed by atoms with Crippen LogP contribution in [0, 0.1) is 0 Å². The molecule has 2 heterocycles. The van der Waals surface area contributed by atoms with Gasteiger partial charge in [0.1, 0.15) is 0 Å². The zero-order valence-electron chi connectivity index (χ0n) is 11.9. The Labute approximate surface area is 134 Å². The average Bonchev–Trinajstić information content (AvgIpc) is 2.99. The van der Waals surface area contributed by atoms with Crippen LogP contribution in [-0.2, 0) is 25.8 Å². The maximum absolute atomic E-state index is 11.8. The Morgan fingerprint density at radius 3 is 2.86 bits per heavy atom. The molecule has 0 aromatic carbocycles. The van der Waals surface area contributed by atoms with E-state index >= 15 is 0 Å². The Balaban J connectivity index is 0.00000161. The van der Waals surface area contributed by atoms with Crippen LogP contribution in [0.3, 0.4) is 0 Å². The van der Waals surface area contributed by atoms with Crippen LogP contribution in [0.5, 0.6) is 0 Å². The quantitative estimate of drug-likeness (QED) is 0.830. The maximum Gasteiger partial charge on any atom is 0.267 e. The van der Waals surface area contributed by atoms with Gasteiger partial charge in [-0.15, -0.1) is 23.7 Å². The molecule has 4 nitrogen and oxygen atoms in total. The van der Waals surface area contributed by atoms with Crippen molar-refractivity contribution in [3.63, 3.8) is 0 Å². The molecule has 6 heteroatoms. The molecule has 1 aliphatic rings. The van der Waals surface area contributed by atoms with Crippen LogP contribution < -0.4 is 10.9 Å². The molecule has 0 spiro atoms. The second kappa shape index (κ2) is 7.73. The third-order valence-corrected chi connectivity index (χ3v) is 4.68. The van der Waals surface area contributed by atoms with Crippen molar-refractivity contribution < 1.29 is 0 Å². The average molecular weight is 326 g/mol. The van der Waals surface area contributed by atoms with E-state index in [4.69, 9.17) is 0 Å². The van der Waals surface area contributed by atoms with E-state index in [1.165, 1.54) is 16.9 Å². The summed E-state index contributed by atoms with van der Waals surface area (Å²) < 4.78 is 0. The van der Waals surface area contributed by atoms with Crippen molar-refractivity contribution in [2.45, 2.75) is 38.6 Å². The number of rotatable bonds is 5. The first-order valence-electron chi connectivity index (χ1n) is 7.17. The van der Waals surface area contributed by atoms with Gasteiger partial charge in [-0.3, -0.25) is 4.79 Å². The van der Waals surface area contributed by atoms with Crippen molar-refractivity contribution >= 4 is 23.7 Å². The summed E-state index contributed by atoms with van der Waals surface area (Å²) in [5.74, 6) is 0. The van der Waals surface area contributed by atoms with Gasteiger partial charge in [0.2, 0.25) is 0 Å². The number of aromatic nitrogens is 2. The van der Waals surface area contributed by atoms with Crippen LogP contribution in [0.4, 0.5) is 0 Å². The van der Waals surface area contributed by atoms with E-state index in [0.29, 0.717) is 0 Å². The van der Waals surface area contributed by atoms with Crippen molar-refractivity contribution in [1.82, 2.24) is 15.5 Å². The first kappa shape index (κ1) is 16.2. The summed E-state index contributed by atoms with van der Waals surface area (Å²) in [6.45, 7) is 1.80. The minimum Gasteiger partial charge on any atom is -0.311 e. The Morgan fingerprint density at radius 1 is 1.29 bits per heavy atom. The monoisotopic (exact) mass is 325 g/mol. The summed E-state index contributed by atoms with van der Waals surface area (Å²) in [5.41, 5.74) is 3.26. The number of fused-ring (bicyclic) bond motifs is 1. The third kappa shape index (κ3) is 3.93. The zero-order valence-corrected chi connectivity index (χ0v) is 13.5. The summed E-state index contributed by atoms with van der Waals surface area (Å²) >= 11 is 1.77. The van der Waals surface area contributed by atoms with Gasteiger partial charge in [-0.2, -0.15) is 5.10 Å². The molecule has 2 aromatic heterocycles. The molecule has 0 fully saturated rings. The highest BCUT2D eigenvalue weighted by atomic mass is 35.5. The lowest BCUT2D eigenvalue weighted by atomic mass is 9.91. The number of hydrogen-bond acceptors (Lipinski definition) is 4. The van der Waals surface area contributed by atoms with E-state index in [9.17, 15) is 4.79 Å². The molecule has 114 valence electrons. The number of thiophene rings is 1. The summed E-state index contributed by atoms with van der Waals surface area (Å²) in [4.78, 5) is 13.1. The molecule has 0 saturated heterocycles. The highest BCUT2D eigenvalue weighted by Crippen LogP contribution is 2.20. The van der Waals surface area contributed by atoms with Crippen LogP contribution in [-0.4, -0.2) is 16.7 Å². The van der Waals surface area contributed by atoms with Crippen molar-refractivity contribution in [2.24, 2.45) is 0 Å². The summed E-state index contributed by atoms with van der Waals surface area (Å²) in [6.07, 6.45) is 5.09. The fraction of sp³-hybridized carbons (Fsp3) is 0.467. The van der Waals surface area contributed by atoms with Gasteiger partial charge in [0.15, 0.2) is 0 Å². The smallest absolute Gasteiger partial charge is 0.267 e. The lowest BCUT2D eigenvalue weighted by Crippen LogP contribution is -2.25. The SMILES string of the molecule is Cl.O=c1[nH]nc(CCNCc2cccs2)c2c1CCCC2. The van der Waals surface area contributed by atoms with Gasteiger partial charge in [0.25, 0.3) is 5.56 Å². The molecular weight excluding hydrogens is 306 g/mol. The summed E-state index contributed by atoms with van der Waals surface area (Å²) in [6, 6.07) is 4.21. The van der Waals surface area contributed by atoms with E-state index in [1.807, 2.05) is 0 Å². The van der Waals surface area contributed by atoms with Gasteiger partial charge < -0.3 is 5.32 Å². The van der Waals surface area contributed by atoms with Gasteiger partial charge in [-0.25, -0.2) is 5.10 Å². The fourth-order valence-corrected chi connectivity index (χ4v) is 3.44. The van der Waals surface area contributed by atoms with E-state index < -0.39 is 0 Å². The summed E-state index contributed by atoms with van der Waals surface area (Å²) in [5, 5.41) is 12.4. The zero-order chi connectivity index (χ0) is 13.8. The second-order valence-corrected chi connectivity index (χ2v) is 6.20. The van der Waals surface area contributed by atoms with Crippen molar-refractivity contribution in [3.05, 3.63) is 49.6 Å². The molecule has 3 rings (SSSR count). The number of aromatic amines is 1. The molecule has 0 aliphatic heterocycles. The first-order valence-corrected chi connectivity index (χ1v) is 8.05. The van der Waals surface area contributed by atoms with Gasteiger partial charge in [0, 0.05) is 30.0 Å². The number of nitrogens with one attached hydrogen (secondary N) is 2. The minimum atomic E-state index is 0. The van der Waals surface area contributed by atoms with Gasteiger partial charge >= 0.3 is 0 Å². The van der Waals surface area contributed by atoms with Crippen LogP contribution in [0.1, 0.15) is 34.5 Å². The Hall–Kier alpha value is -1.17. The Bertz CT molecular complexity index is 624. The highest BCUT2D eigenvalue weighted by molar-refractivity contribution is 7.09. The van der Waals surface area contributed by atoms with Crippen LogP contribution in [0.15, 0.2) is 22.3 Å². The molecule has 0 atom stereocenters. The van der Waals surface area contributed by atoms with E-state index in [2.05, 4.69) is 33.0 Å². The lowest BCUT2D eigenvalue weighted by molar-refractivity contribution is 0.632. The molecule has 21 heavy (non-hydrogen) atoms. The highest BCUT2D eigenvalue weighted by Gasteiger charge is 2.17. The number of halogens is 1. The lowest BCUT2D eigenvalue weighted by Gasteiger charge is -2.17. The predicted molar refractivity (Wildman–Crippen MR) is 88.5 cm³/mol. The third-order valence-electron chi connectivity index (χ3n) is 3.80. The molecule has 2 N–H and O–H groups in total. The molecule has 0 radical (unpaired) electrons. The van der Waals surface area contributed by atoms with E-state index in [0.717, 1.165) is 50.0 Å². The van der Waals surface area contributed by atoms with Gasteiger partial charge in [-0.05, 0) is 42.7 Å². The van der Waals surface area contributed by atoms with E-state index in [1.54, 1.807) is 11.3 Å². The second-order valence-electron chi connectivity index (χ2n) is 5.17. The molecule has 0 amide bonds. The number of hydrogen-bond donors (Lipinski definition) is 2. The van der Waals surface area contributed by atoms with Crippen LogP contribution in [0.2, 0.25) is 0 Å². The number of H-pyrrole nitrogens is 1. The van der Waals surface area contributed by atoms with Crippen molar-refractivity contribution in [2.75, 3.05) is 6.54 Å². The number of nitrogens with zero attached hydrogens (tertiary/aromatic N) is 1. The molecule has 0 saturated carbocycles. The normalized spacial score (nSPS) is 13.5. The minimum absolute atomic E-state index is 0. The fourth-order valence-electron chi connectivity index (χ4n) is 2.77. The van der Waals surface area contributed by atoms with Gasteiger partial charge in [0.05, 0.1) is 5.69 Å². The van der Waals surface area contributed by atoms with Crippen LogP contribution >= 0.6 is 23.7 Å². The maximum atomic E-state index is 11.8.